The van der Waals surface area contributed by atoms with Crippen LogP contribution in [0.15, 0.2) is 18.2 Å². The van der Waals surface area contributed by atoms with Gasteiger partial charge in [-0.2, -0.15) is 11.8 Å². The van der Waals surface area contributed by atoms with Gasteiger partial charge < -0.3 is 10.5 Å². The van der Waals surface area contributed by atoms with Crippen molar-refractivity contribution in [2.24, 2.45) is 0 Å². The highest BCUT2D eigenvalue weighted by molar-refractivity contribution is 7.99. The van der Waals surface area contributed by atoms with Gasteiger partial charge in [0.15, 0.2) is 0 Å². The minimum Gasteiger partial charge on any atom is -0.496 e. The molecule has 0 spiro atoms. The van der Waals surface area contributed by atoms with Crippen molar-refractivity contribution < 1.29 is 4.74 Å². The first-order chi connectivity index (χ1) is 6.63. The first-order valence-electron chi connectivity index (χ1n) is 4.67. The molecule has 0 aromatic heterocycles. The van der Waals surface area contributed by atoms with Crippen LogP contribution in [-0.4, -0.2) is 12.4 Å². The third-order valence-electron chi connectivity index (χ3n) is 1.88. The van der Waals surface area contributed by atoms with E-state index in [0.29, 0.717) is 5.25 Å². The van der Waals surface area contributed by atoms with Crippen molar-refractivity contribution in [1.82, 2.24) is 0 Å². The molecule has 14 heavy (non-hydrogen) atoms. The molecule has 0 saturated carbocycles. The zero-order valence-corrected chi connectivity index (χ0v) is 9.73. The molecule has 0 aliphatic carbocycles. The van der Waals surface area contributed by atoms with Crippen LogP contribution < -0.4 is 10.5 Å². The minimum atomic E-state index is 0.636. The van der Waals surface area contributed by atoms with E-state index in [-0.39, 0.29) is 0 Å². The second kappa shape index (κ2) is 5.15. The van der Waals surface area contributed by atoms with E-state index < -0.39 is 0 Å². The number of hydrogen-bond donors (Lipinski definition) is 1. The average molecular weight is 211 g/mol. The molecule has 0 atom stereocenters. The van der Waals surface area contributed by atoms with E-state index in [4.69, 9.17) is 10.5 Å². The monoisotopic (exact) mass is 211 g/mol. The van der Waals surface area contributed by atoms with E-state index in [1.807, 2.05) is 30.0 Å². The molecule has 0 aliphatic rings. The maximum atomic E-state index is 5.67. The van der Waals surface area contributed by atoms with Gasteiger partial charge in [0.1, 0.15) is 5.75 Å². The molecule has 2 N–H and O–H groups in total. The number of anilines is 1. The molecule has 1 aromatic rings. The van der Waals surface area contributed by atoms with Crippen LogP contribution in [-0.2, 0) is 5.75 Å². The van der Waals surface area contributed by atoms with Gasteiger partial charge in [-0.25, -0.2) is 0 Å². The van der Waals surface area contributed by atoms with Crippen LogP contribution in [0.5, 0.6) is 5.75 Å². The van der Waals surface area contributed by atoms with Crippen LogP contribution in [0.3, 0.4) is 0 Å². The molecule has 0 unspecified atom stereocenters. The topological polar surface area (TPSA) is 35.2 Å². The van der Waals surface area contributed by atoms with Crippen molar-refractivity contribution in [2.45, 2.75) is 24.9 Å². The lowest BCUT2D eigenvalue weighted by atomic mass is 10.2. The van der Waals surface area contributed by atoms with Gasteiger partial charge in [-0.05, 0) is 11.3 Å². The Labute approximate surface area is 89.8 Å². The van der Waals surface area contributed by atoms with Gasteiger partial charge in [0, 0.05) is 23.1 Å². The molecule has 3 heteroatoms. The van der Waals surface area contributed by atoms with Gasteiger partial charge in [-0.1, -0.05) is 19.9 Å². The lowest BCUT2D eigenvalue weighted by Crippen LogP contribution is -1.95. The van der Waals surface area contributed by atoms with Crippen LogP contribution in [0.2, 0.25) is 0 Å². The van der Waals surface area contributed by atoms with Crippen molar-refractivity contribution in [3.8, 4) is 5.75 Å². The normalized spacial score (nSPS) is 10.6. The Morgan fingerprint density at radius 1 is 1.43 bits per heavy atom. The maximum absolute atomic E-state index is 5.67. The van der Waals surface area contributed by atoms with Crippen molar-refractivity contribution in [2.75, 3.05) is 12.8 Å². The molecule has 0 bridgehead atoms. The summed E-state index contributed by atoms with van der Waals surface area (Å²) in [5.74, 6) is 1.86. The summed E-state index contributed by atoms with van der Waals surface area (Å²) in [5, 5.41) is 0.636. The number of methoxy groups -OCH3 is 1. The van der Waals surface area contributed by atoms with Gasteiger partial charge in [0.05, 0.1) is 7.11 Å². The molecule has 0 radical (unpaired) electrons. The molecule has 78 valence electrons. The quantitative estimate of drug-likeness (QED) is 0.778. The first-order valence-corrected chi connectivity index (χ1v) is 5.72. The standard InChI is InChI=1S/C11H17NOS/c1-8(2)14-7-9-4-5-10(12)6-11(9)13-3/h4-6,8H,7,12H2,1-3H3. The summed E-state index contributed by atoms with van der Waals surface area (Å²) >= 11 is 1.90. The Morgan fingerprint density at radius 3 is 2.71 bits per heavy atom. The number of nitrogens with two attached hydrogens (primary N) is 1. The average Bonchev–Trinajstić information content (AvgIpc) is 2.15. The number of rotatable bonds is 4. The van der Waals surface area contributed by atoms with E-state index in [1.165, 1.54) is 5.56 Å². The summed E-state index contributed by atoms with van der Waals surface area (Å²) in [6.07, 6.45) is 0. The van der Waals surface area contributed by atoms with Gasteiger partial charge in [-0.15, -0.1) is 0 Å². The Kier molecular flexibility index (Phi) is 4.14. The first kappa shape index (κ1) is 11.2. The zero-order valence-electron chi connectivity index (χ0n) is 8.91. The fourth-order valence-electron chi connectivity index (χ4n) is 1.14. The van der Waals surface area contributed by atoms with Gasteiger partial charge >= 0.3 is 0 Å². The lowest BCUT2D eigenvalue weighted by Gasteiger charge is -2.10. The highest BCUT2D eigenvalue weighted by Crippen LogP contribution is 2.26. The molecule has 0 heterocycles. The highest BCUT2D eigenvalue weighted by Gasteiger charge is 2.04. The van der Waals surface area contributed by atoms with Crippen molar-refractivity contribution in [3.05, 3.63) is 23.8 Å². The third kappa shape index (κ3) is 3.14. The molecule has 0 saturated heterocycles. The summed E-state index contributed by atoms with van der Waals surface area (Å²) in [6.45, 7) is 4.38. The van der Waals surface area contributed by atoms with Crippen LogP contribution in [0.25, 0.3) is 0 Å². The predicted octanol–water partition coefficient (Wildman–Crippen LogP) is 2.92. The fraction of sp³-hybridized carbons (Fsp3) is 0.455. The molecule has 0 fully saturated rings. The molecule has 1 aromatic carbocycles. The minimum absolute atomic E-state index is 0.636. The summed E-state index contributed by atoms with van der Waals surface area (Å²) in [7, 11) is 1.68. The largest absolute Gasteiger partial charge is 0.496 e. The number of benzene rings is 1. The zero-order chi connectivity index (χ0) is 10.6. The van der Waals surface area contributed by atoms with E-state index in [2.05, 4.69) is 13.8 Å². The van der Waals surface area contributed by atoms with Crippen LogP contribution in [0, 0.1) is 0 Å². The summed E-state index contributed by atoms with van der Waals surface area (Å²) in [4.78, 5) is 0. The number of nitrogen functional groups attached to an aromatic ring is 1. The van der Waals surface area contributed by atoms with Crippen LogP contribution in [0.4, 0.5) is 5.69 Å². The van der Waals surface area contributed by atoms with Crippen molar-refractivity contribution in [3.63, 3.8) is 0 Å². The molecule has 2 nitrogen and oxygen atoms in total. The SMILES string of the molecule is COc1cc(N)ccc1CSC(C)C. The summed E-state index contributed by atoms with van der Waals surface area (Å²) in [6, 6.07) is 5.82. The highest BCUT2D eigenvalue weighted by atomic mass is 32.2. The Balaban J connectivity index is 2.75. The molecule has 0 aliphatic heterocycles. The molecular weight excluding hydrogens is 194 g/mol. The van der Waals surface area contributed by atoms with E-state index >= 15 is 0 Å². The van der Waals surface area contributed by atoms with Crippen molar-refractivity contribution >= 4 is 17.4 Å². The van der Waals surface area contributed by atoms with E-state index in [0.717, 1.165) is 17.2 Å². The van der Waals surface area contributed by atoms with Crippen LogP contribution >= 0.6 is 11.8 Å². The lowest BCUT2D eigenvalue weighted by molar-refractivity contribution is 0.411. The molecular formula is C11H17NOS. The Morgan fingerprint density at radius 2 is 2.14 bits per heavy atom. The molecule has 1 rings (SSSR count). The number of thioether (sulfide) groups is 1. The number of ether oxygens (including phenoxy) is 1. The van der Waals surface area contributed by atoms with E-state index in [1.54, 1.807) is 7.11 Å². The van der Waals surface area contributed by atoms with Gasteiger partial charge in [0.2, 0.25) is 0 Å². The summed E-state index contributed by atoms with van der Waals surface area (Å²) < 4.78 is 5.27. The Hall–Kier alpha value is -0.830. The second-order valence-corrected chi connectivity index (χ2v) is 5.00. The van der Waals surface area contributed by atoms with Gasteiger partial charge in [0.25, 0.3) is 0 Å². The van der Waals surface area contributed by atoms with Gasteiger partial charge in [-0.3, -0.25) is 0 Å². The predicted molar refractivity (Wildman–Crippen MR) is 63.8 cm³/mol. The van der Waals surface area contributed by atoms with Crippen molar-refractivity contribution in [1.29, 1.82) is 0 Å². The molecule has 0 amide bonds. The smallest absolute Gasteiger partial charge is 0.124 e. The third-order valence-corrected chi connectivity index (χ3v) is 3.03. The number of hydrogen-bond acceptors (Lipinski definition) is 3. The Bertz CT molecular complexity index is 299. The second-order valence-electron chi connectivity index (χ2n) is 3.43. The maximum Gasteiger partial charge on any atom is 0.124 e. The van der Waals surface area contributed by atoms with E-state index in [9.17, 15) is 0 Å². The summed E-state index contributed by atoms with van der Waals surface area (Å²) in [5.41, 5.74) is 7.63. The fourth-order valence-corrected chi connectivity index (χ4v) is 1.89. The van der Waals surface area contributed by atoms with Crippen LogP contribution in [0.1, 0.15) is 19.4 Å².